The summed E-state index contributed by atoms with van der Waals surface area (Å²) in [6.07, 6.45) is 4.65. The number of likely N-dealkylation sites (N-methyl/N-ethyl adjacent to an activating group) is 2. The molecule has 1 aliphatic rings. The summed E-state index contributed by atoms with van der Waals surface area (Å²) in [5.41, 5.74) is 1.06. The van der Waals surface area contributed by atoms with Crippen molar-refractivity contribution < 1.29 is 9.53 Å². The van der Waals surface area contributed by atoms with Crippen LogP contribution in [0.4, 0.5) is 0 Å². The van der Waals surface area contributed by atoms with E-state index in [1.165, 1.54) is 12.8 Å². The largest absolute Gasteiger partial charge is 0.483 e. The van der Waals surface area contributed by atoms with Gasteiger partial charge >= 0.3 is 0 Å². The summed E-state index contributed by atoms with van der Waals surface area (Å²) in [5, 5.41) is 2.20. The molecule has 0 unspecified atom stereocenters. The van der Waals surface area contributed by atoms with Crippen LogP contribution >= 0.6 is 0 Å². The fourth-order valence-corrected chi connectivity index (χ4v) is 4.11. The van der Waals surface area contributed by atoms with Crippen molar-refractivity contribution in [2.75, 3.05) is 27.7 Å². The Balaban J connectivity index is 1.72. The molecule has 4 heteroatoms. The topological polar surface area (TPSA) is 32.8 Å². The number of carbonyl (C=O) groups excluding carboxylic acids is 1. The van der Waals surface area contributed by atoms with Gasteiger partial charge in [-0.25, -0.2) is 0 Å². The maximum atomic E-state index is 12.8. The highest BCUT2D eigenvalue weighted by Gasteiger charge is 2.32. The lowest BCUT2D eigenvalue weighted by Crippen LogP contribution is -2.52. The number of fused-ring (bicyclic) bond motifs is 1. The lowest BCUT2D eigenvalue weighted by atomic mass is 9.88. The van der Waals surface area contributed by atoms with Gasteiger partial charge in [-0.3, -0.25) is 4.79 Å². The van der Waals surface area contributed by atoms with E-state index in [4.69, 9.17) is 4.74 Å². The standard InChI is InChI=1S/C22H30N2O2/c1-16-13-14-17-9-5-6-10-18(17)22(16)26-15-21(25)24(4)20-12-8-7-11-19(20)23(2)3/h5-6,9-10,13-14,19-20H,7-8,11-12,15H2,1-4H3/t19-,20-/m1/s1. The van der Waals surface area contributed by atoms with Crippen molar-refractivity contribution in [2.24, 2.45) is 0 Å². The molecule has 0 radical (unpaired) electrons. The van der Waals surface area contributed by atoms with Crippen LogP contribution in [0.25, 0.3) is 10.8 Å². The van der Waals surface area contributed by atoms with Gasteiger partial charge in [0.25, 0.3) is 5.91 Å². The van der Waals surface area contributed by atoms with Gasteiger partial charge < -0.3 is 14.5 Å². The van der Waals surface area contributed by atoms with Crippen molar-refractivity contribution in [3.05, 3.63) is 42.0 Å². The number of nitrogens with zero attached hydrogens (tertiary/aromatic N) is 2. The highest BCUT2D eigenvalue weighted by Crippen LogP contribution is 2.30. The van der Waals surface area contributed by atoms with E-state index in [9.17, 15) is 4.79 Å². The molecule has 1 fully saturated rings. The van der Waals surface area contributed by atoms with E-state index in [1.807, 2.05) is 31.0 Å². The fourth-order valence-electron chi connectivity index (χ4n) is 4.11. The van der Waals surface area contributed by atoms with Gasteiger partial charge in [0.2, 0.25) is 0 Å². The Bertz CT molecular complexity index is 772. The van der Waals surface area contributed by atoms with E-state index in [1.54, 1.807) is 0 Å². The molecule has 140 valence electrons. The molecule has 1 saturated carbocycles. The Labute approximate surface area is 156 Å². The second kappa shape index (κ2) is 8.09. The molecule has 0 aromatic heterocycles. The zero-order valence-electron chi connectivity index (χ0n) is 16.4. The molecule has 0 aliphatic heterocycles. The van der Waals surface area contributed by atoms with Crippen molar-refractivity contribution in [2.45, 2.75) is 44.7 Å². The van der Waals surface area contributed by atoms with Crippen LogP contribution in [0.15, 0.2) is 36.4 Å². The number of amides is 1. The molecule has 1 amide bonds. The van der Waals surface area contributed by atoms with Gasteiger partial charge in [-0.05, 0) is 44.8 Å². The Morgan fingerprint density at radius 1 is 1.04 bits per heavy atom. The smallest absolute Gasteiger partial charge is 0.260 e. The minimum absolute atomic E-state index is 0.0519. The first-order chi connectivity index (χ1) is 12.5. The summed E-state index contributed by atoms with van der Waals surface area (Å²) in [5.74, 6) is 0.869. The Morgan fingerprint density at radius 2 is 1.73 bits per heavy atom. The van der Waals surface area contributed by atoms with Crippen LogP contribution in [-0.4, -0.2) is 55.5 Å². The average molecular weight is 354 g/mol. The van der Waals surface area contributed by atoms with E-state index in [0.717, 1.165) is 34.9 Å². The Kier molecular flexibility index (Phi) is 5.82. The molecule has 4 nitrogen and oxygen atoms in total. The maximum absolute atomic E-state index is 12.8. The maximum Gasteiger partial charge on any atom is 0.260 e. The number of hydrogen-bond acceptors (Lipinski definition) is 3. The molecular weight excluding hydrogens is 324 g/mol. The van der Waals surface area contributed by atoms with E-state index >= 15 is 0 Å². The molecule has 2 atom stereocenters. The van der Waals surface area contributed by atoms with Crippen molar-refractivity contribution >= 4 is 16.7 Å². The van der Waals surface area contributed by atoms with Gasteiger partial charge in [-0.15, -0.1) is 0 Å². The third kappa shape index (κ3) is 3.85. The number of rotatable bonds is 5. The lowest BCUT2D eigenvalue weighted by Gasteiger charge is -2.41. The zero-order chi connectivity index (χ0) is 18.7. The first kappa shape index (κ1) is 18.7. The molecule has 0 heterocycles. The van der Waals surface area contributed by atoms with Gasteiger partial charge in [-0.2, -0.15) is 0 Å². The van der Waals surface area contributed by atoms with Crippen LogP contribution in [0.5, 0.6) is 5.75 Å². The number of hydrogen-bond donors (Lipinski definition) is 0. The quantitative estimate of drug-likeness (QED) is 0.817. The molecule has 26 heavy (non-hydrogen) atoms. The van der Waals surface area contributed by atoms with Gasteiger partial charge in [-0.1, -0.05) is 49.2 Å². The number of aryl methyl sites for hydroxylation is 1. The SMILES string of the molecule is Cc1ccc2ccccc2c1OCC(=O)N(C)[C@@H]1CCCC[C@H]1N(C)C. The van der Waals surface area contributed by atoms with Crippen molar-refractivity contribution in [1.82, 2.24) is 9.80 Å². The molecule has 0 saturated heterocycles. The van der Waals surface area contributed by atoms with Gasteiger partial charge in [0.05, 0.1) is 0 Å². The number of benzene rings is 2. The molecular formula is C22H30N2O2. The van der Waals surface area contributed by atoms with Crippen molar-refractivity contribution in [3.63, 3.8) is 0 Å². The third-order valence-electron chi connectivity index (χ3n) is 5.66. The summed E-state index contributed by atoms with van der Waals surface area (Å²) in [6, 6.07) is 13.0. The predicted molar refractivity (Wildman–Crippen MR) is 107 cm³/mol. The van der Waals surface area contributed by atoms with E-state index in [-0.39, 0.29) is 18.6 Å². The molecule has 3 rings (SSSR count). The summed E-state index contributed by atoms with van der Waals surface area (Å²) in [4.78, 5) is 17.0. The fraction of sp³-hybridized carbons (Fsp3) is 0.500. The van der Waals surface area contributed by atoms with Crippen LogP contribution < -0.4 is 4.74 Å². The minimum Gasteiger partial charge on any atom is -0.483 e. The predicted octanol–water partition coefficient (Wildman–Crippen LogP) is 3.86. The average Bonchev–Trinajstić information content (AvgIpc) is 2.66. The summed E-state index contributed by atoms with van der Waals surface area (Å²) in [7, 11) is 6.14. The molecule has 1 aliphatic carbocycles. The van der Waals surface area contributed by atoms with Crippen molar-refractivity contribution in [3.8, 4) is 5.75 Å². The van der Waals surface area contributed by atoms with Crippen LogP contribution in [0.3, 0.4) is 0 Å². The van der Waals surface area contributed by atoms with Crippen LogP contribution in [0.2, 0.25) is 0 Å². The molecule has 0 bridgehead atoms. The van der Waals surface area contributed by atoms with Gasteiger partial charge in [0.1, 0.15) is 5.75 Å². The van der Waals surface area contributed by atoms with E-state index in [0.29, 0.717) is 6.04 Å². The number of carbonyl (C=O) groups is 1. The van der Waals surface area contributed by atoms with Crippen LogP contribution in [0.1, 0.15) is 31.2 Å². The first-order valence-corrected chi connectivity index (χ1v) is 9.52. The van der Waals surface area contributed by atoms with Crippen molar-refractivity contribution in [1.29, 1.82) is 0 Å². The molecule has 2 aromatic rings. The first-order valence-electron chi connectivity index (χ1n) is 9.52. The lowest BCUT2D eigenvalue weighted by molar-refractivity contribution is -0.136. The zero-order valence-corrected chi connectivity index (χ0v) is 16.4. The second-order valence-electron chi connectivity index (χ2n) is 7.61. The second-order valence-corrected chi connectivity index (χ2v) is 7.61. The molecule has 0 N–H and O–H groups in total. The van der Waals surface area contributed by atoms with Gasteiger partial charge in [0.15, 0.2) is 6.61 Å². The van der Waals surface area contributed by atoms with E-state index < -0.39 is 0 Å². The summed E-state index contributed by atoms with van der Waals surface area (Å²) in [6.45, 7) is 2.11. The normalized spacial score (nSPS) is 20.3. The van der Waals surface area contributed by atoms with Crippen LogP contribution in [0, 0.1) is 6.92 Å². The Hall–Kier alpha value is -2.07. The number of ether oxygens (including phenoxy) is 1. The summed E-state index contributed by atoms with van der Waals surface area (Å²) < 4.78 is 6.01. The Morgan fingerprint density at radius 3 is 2.46 bits per heavy atom. The highest BCUT2D eigenvalue weighted by atomic mass is 16.5. The minimum atomic E-state index is 0.0519. The monoisotopic (exact) mass is 354 g/mol. The van der Waals surface area contributed by atoms with Gasteiger partial charge in [0, 0.05) is 24.5 Å². The van der Waals surface area contributed by atoms with Crippen LogP contribution in [-0.2, 0) is 4.79 Å². The highest BCUT2D eigenvalue weighted by molar-refractivity contribution is 5.90. The van der Waals surface area contributed by atoms with E-state index in [2.05, 4.69) is 43.3 Å². The summed E-state index contributed by atoms with van der Waals surface area (Å²) >= 11 is 0. The molecule has 2 aromatic carbocycles. The molecule has 0 spiro atoms. The third-order valence-corrected chi connectivity index (χ3v) is 5.66.